The van der Waals surface area contributed by atoms with E-state index in [0.717, 1.165) is 34.4 Å². The number of rotatable bonds is 7. The van der Waals surface area contributed by atoms with Crippen LogP contribution in [0, 0.1) is 0 Å². The largest absolute Gasteiger partial charge is 0.485 e. The Morgan fingerprint density at radius 3 is 2.79 bits per heavy atom. The number of nitrogens with zero attached hydrogens (tertiary/aromatic N) is 2. The van der Waals surface area contributed by atoms with Crippen molar-refractivity contribution in [2.45, 2.75) is 33.3 Å². The van der Waals surface area contributed by atoms with Crippen LogP contribution in [0.3, 0.4) is 0 Å². The number of hydrogen-bond acceptors (Lipinski definition) is 4. The Hall–Kier alpha value is -3.41. The fourth-order valence-electron chi connectivity index (χ4n) is 3.13. The smallest absolute Gasteiger partial charge is 0.224 e. The van der Waals surface area contributed by atoms with E-state index in [1.807, 2.05) is 50.3 Å². The van der Waals surface area contributed by atoms with Crippen LogP contribution >= 0.6 is 0 Å². The van der Waals surface area contributed by atoms with Gasteiger partial charge in [0.1, 0.15) is 12.4 Å². The number of allylic oxidation sites excluding steroid dienone is 3. The van der Waals surface area contributed by atoms with Crippen LogP contribution in [-0.4, -0.2) is 29.2 Å². The van der Waals surface area contributed by atoms with E-state index in [4.69, 9.17) is 4.74 Å². The van der Waals surface area contributed by atoms with E-state index in [-0.39, 0.29) is 5.91 Å². The van der Waals surface area contributed by atoms with Gasteiger partial charge in [-0.3, -0.25) is 14.6 Å². The number of fused-ring (bicyclic) bond motifs is 1. The van der Waals surface area contributed by atoms with Gasteiger partial charge < -0.3 is 15.0 Å². The van der Waals surface area contributed by atoms with Gasteiger partial charge in [0.25, 0.3) is 0 Å². The Bertz CT molecular complexity index is 961. The molecule has 2 aromatic rings. The Kier molecular flexibility index (Phi) is 6.44. The summed E-state index contributed by atoms with van der Waals surface area (Å²) < 4.78 is 6.06. The summed E-state index contributed by atoms with van der Waals surface area (Å²) in [6, 6.07) is 9.60. The minimum atomic E-state index is -0.0197. The van der Waals surface area contributed by atoms with Crippen molar-refractivity contribution < 1.29 is 14.3 Å². The van der Waals surface area contributed by atoms with Crippen molar-refractivity contribution >= 4 is 23.6 Å². The maximum absolute atomic E-state index is 12.0. The van der Waals surface area contributed by atoms with Gasteiger partial charge >= 0.3 is 0 Å². The summed E-state index contributed by atoms with van der Waals surface area (Å²) in [6.45, 7) is 4.31. The standard InChI is InChI=1S/C23H25N3O3/c1-16(2)10-19(13-26(3)15-27)18-11-17-7-8-22(28)25-23(17)21(12-18)29-14-20-6-4-5-9-24-20/h4-6,9-13,15H,7-8,14H2,1-3H3,(H,25,28)/b19-13+. The second-order valence-electron chi connectivity index (χ2n) is 7.24. The van der Waals surface area contributed by atoms with Crippen LogP contribution in [0.5, 0.6) is 5.75 Å². The molecule has 29 heavy (non-hydrogen) atoms. The SMILES string of the molecule is CC(C)=C/C(=C\N(C)C=O)c1cc2c(c(OCc3ccccn3)c1)NC(=O)CC2. The van der Waals surface area contributed by atoms with Crippen molar-refractivity contribution in [2.75, 3.05) is 12.4 Å². The molecule has 0 fully saturated rings. The van der Waals surface area contributed by atoms with Gasteiger partial charge in [0.15, 0.2) is 0 Å². The lowest BCUT2D eigenvalue weighted by molar-refractivity contribution is -0.116. The molecular weight excluding hydrogens is 366 g/mol. The second-order valence-corrected chi connectivity index (χ2v) is 7.24. The van der Waals surface area contributed by atoms with Gasteiger partial charge in [0.2, 0.25) is 12.3 Å². The first-order chi connectivity index (χ1) is 14.0. The molecule has 0 unspecified atom stereocenters. The van der Waals surface area contributed by atoms with Crippen LogP contribution in [-0.2, 0) is 22.6 Å². The number of aryl methyl sites for hydroxylation is 1. The zero-order valence-corrected chi connectivity index (χ0v) is 16.9. The van der Waals surface area contributed by atoms with Crippen molar-refractivity contribution in [2.24, 2.45) is 0 Å². The van der Waals surface area contributed by atoms with Crippen molar-refractivity contribution in [3.63, 3.8) is 0 Å². The number of anilines is 1. The fourth-order valence-corrected chi connectivity index (χ4v) is 3.13. The number of hydrogen-bond donors (Lipinski definition) is 1. The molecular formula is C23H25N3O3. The molecule has 0 aliphatic carbocycles. The summed E-state index contributed by atoms with van der Waals surface area (Å²) in [5.41, 5.74) is 5.45. The molecule has 2 heterocycles. The molecule has 0 bridgehead atoms. The second kappa shape index (κ2) is 9.19. The minimum Gasteiger partial charge on any atom is -0.485 e. The van der Waals surface area contributed by atoms with E-state index in [0.29, 0.717) is 30.9 Å². The van der Waals surface area contributed by atoms with Gasteiger partial charge in [-0.25, -0.2) is 0 Å². The van der Waals surface area contributed by atoms with Crippen molar-refractivity contribution in [1.29, 1.82) is 0 Å². The third-order valence-electron chi connectivity index (χ3n) is 4.46. The number of carbonyl (C=O) groups excluding carboxylic acids is 2. The summed E-state index contributed by atoms with van der Waals surface area (Å²) >= 11 is 0. The molecule has 150 valence electrons. The Morgan fingerprint density at radius 1 is 1.28 bits per heavy atom. The summed E-state index contributed by atoms with van der Waals surface area (Å²) in [7, 11) is 1.70. The monoisotopic (exact) mass is 391 g/mol. The number of amides is 2. The van der Waals surface area contributed by atoms with E-state index in [2.05, 4.69) is 10.3 Å². The molecule has 1 aliphatic rings. The van der Waals surface area contributed by atoms with E-state index < -0.39 is 0 Å². The van der Waals surface area contributed by atoms with Crippen LogP contribution < -0.4 is 10.1 Å². The van der Waals surface area contributed by atoms with E-state index >= 15 is 0 Å². The van der Waals surface area contributed by atoms with Crippen LogP contribution in [0.2, 0.25) is 0 Å². The van der Waals surface area contributed by atoms with Gasteiger partial charge in [-0.1, -0.05) is 17.7 Å². The van der Waals surface area contributed by atoms with E-state index in [1.165, 1.54) is 4.90 Å². The molecule has 6 nitrogen and oxygen atoms in total. The zero-order chi connectivity index (χ0) is 20.8. The molecule has 0 atom stereocenters. The van der Waals surface area contributed by atoms with Gasteiger partial charge in [-0.15, -0.1) is 0 Å². The minimum absolute atomic E-state index is 0.0197. The Labute approximate surface area is 170 Å². The van der Waals surface area contributed by atoms with E-state index in [9.17, 15) is 9.59 Å². The number of carbonyl (C=O) groups is 2. The molecule has 1 aliphatic heterocycles. The quantitative estimate of drug-likeness (QED) is 0.573. The summed E-state index contributed by atoms with van der Waals surface area (Å²) in [6.07, 6.45) is 7.36. The fraction of sp³-hybridized carbons (Fsp3) is 0.261. The van der Waals surface area contributed by atoms with Crippen LogP contribution in [0.15, 0.2) is 54.4 Å². The first-order valence-electron chi connectivity index (χ1n) is 9.50. The molecule has 6 heteroatoms. The lowest BCUT2D eigenvalue weighted by Gasteiger charge is -2.22. The number of ether oxygens (including phenoxy) is 1. The average Bonchev–Trinajstić information content (AvgIpc) is 2.71. The van der Waals surface area contributed by atoms with Gasteiger partial charge in [0.05, 0.1) is 11.4 Å². The molecule has 1 aromatic heterocycles. The predicted molar refractivity (Wildman–Crippen MR) is 113 cm³/mol. The first kappa shape index (κ1) is 20.3. The molecule has 0 radical (unpaired) electrons. The lowest BCUT2D eigenvalue weighted by Crippen LogP contribution is -2.20. The highest BCUT2D eigenvalue weighted by atomic mass is 16.5. The number of pyridine rings is 1. The van der Waals surface area contributed by atoms with E-state index in [1.54, 1.807) is 19.4 Å². The number of aromatic nitrogens is 1. The predicted octanol–water partition coefficient (Wildman–Crippen LogP) is 3.94. The maximum atomic E-state index is 12.0. The summed E-state index contributed by atoms with van der Waals surface area (Å²) in [5.74, 6) is 0.576. The van der Waals surface area contributed by atoms with Crippen molar-refractivity contribution in [3.8, 4) is 5.75 Å². The van der Waals surface area contributed by atoms with Crippen LogP contribution in [0.1, 0.15) is 37.1 Å². The molecule has 0 saturated carbocycles. The molecule has 0 spiro atoms. The van der Waals surface area contributed by atoms with Gasteiger partial charge in [-0.05, 0) is 61.2 Å². The highest BCUT2D eigenvalue weighted by Crippen LogP contribution is 2.37. The first-order valence-corrected chi connectivity index (χ1v) is 9.50. The normalized spacial score (nSPS) is 13.2. The molecule has 0 saturated heterocycles. The lowest BCUT2D eigenvalue weighted by atomic mass is 9.95. The highest BCUT2D eigenvalue weighted by Gasteiger charge is 2.21. The number of benzene rings is 1. The van der Waals surface area contributed by atoms with Gasteiger partial charge in [-0.2, -0.15) is 0 Å². The van der Waals surface area contributed by atoms with Gasteiger partial charge in [0, 0.05) is 25.9 Å². The van der Waals surface area contributed by atoms with Crippen molar-refractivity contribution in [1.82, 2.24) is 9.88 Å². The maximum Gasteiger partial charge on any atom is 0.224 e. The Morgan fingerprint density at radius 2 is 2.10 bits per heavy atom. The molecule has 3 rings (SSSR count). The highest BCUT2D eigenvalue weighted by molar-refractivity contribution is 5.96. The topological polar surface area (TPSA) is 71.5 Å². The molecule has 1 N–H and O–H groups in total. The summed E-state index contributed by atoms with van der Waals surface area (Å²) in [4.78, 5) is 28.9. The third kappa shape index (κ3) is 5.31. The summed E-state index contributed by atoms with van der Waals surface area (Å²) in [5, 5.41) is 2.94. The molecule has 1 aromatic carbocycles. The van der Waals surface area contributed by atoms with Crippen molar-refractivity contribution in [3.05, 3.63) is 71.2 Å². The van der Waals surface area contributed by atoms with Crippen LogP contribution in [0.4, 0.5) is 5.69 Å². The molecule has 2 amide bonds. The average molecular weight is 391 g/mol. The Balaban J connectivity index is 2.03. The van der Waals surface area contributed by atoms with Crippen LogP contribution in [0.25, 0.3) is 5.57 Å². The third-order valence-corrected chi connectivity index (χ3v) is 4.46. The zero-order valence-electron chi connectivity index (χ0n) is 16.9. The number of nitrogens with one attached hydrogen (secondary N) is 1.